The average Bonchev–Trinajstić information content (AvgIpc) is 3.63. The van der Waals surface area contributed by atoms with Gasteiger partial charge in [0.05, 0.1) is 42.5 Å². The van der Waals surface area contributed by atoms with Crippen LogP contribution in [-0.4, -0.2) is 68.8 Å². The molecule has 0 atom stereocenters. The first-order valence-corrected chi connectivity index (χ1v) is 12.8. The number of benzene rings is 2. The minimum Gasteiger partial charge on any atom is -0.392 e. The predicted octanol–water partition coefficient (Wildman–Crippen LogP) is 2.07. The first-order valence-electron chi connectivity index (χ1n) is 12.8. The number of piperidine rings is 1. The maximum Gasteiger partial charge on any atom is 0.264 e. The van der Waals surface area contributed by atoms with Crippen LogP contribution in [-0.2, 0) is 13.2 Å². The molecule has 12 heteroatoms. The molecule has 1 aliphatic rings. The smallest absolute Gasteiger partial charge is 0.264 e. The van der Waals surface area contributed by atoms with Crippen LogP contribution < -0.4 is 5.56 Å². The molecule has 0 spiro atoms. The van der Waals surface area contributed by atoms with E-state index in [1.54, 1.807) is 26.7 Å². The number of carbonyl (C=O) groups excluding carboxylic acids is 1. The second-order valence-electron chi connectivity index (χ2n) is 9.96. The SMILES string of the molecule is O=C(c1ccc(F)cc1)N1CCC(O)(Cn2cnc3c(cnn3-c3ccc(-n4cc(CO)cn4)cc3)c2=O)CC1. The van der Waals surface area contributed by atoms with E-state index in [-0.39, 0.29) is 37.5 Å². The van der Waals surface area contributed by atoms with Crippen LogP contribution in [0.1, 0.15) is 28.8 Å². The normalized spacial score (nSPS) is 15.0. The number of hydrogen-bond donors (Lipinski definition) is 2. The minimum absolute atomic E-state index is 0.0347. The lowest BCUT2D eigenvalue weighted by Gasteiger charge is -2.38. The molecule has 1 amide bonds. The Morgan fingerprint density at radius 2 is 1.68 bits per heavy atom. The van der Waals surface area contributed by atoms with Gasteiger partial charge in [0.25, 0.3) is 11.5 Å². The van der Waals surface area contributed by atoms with Crippen LogP contribution in [0.25, 0.3) is 22.4 Å². The molecular weight excluding hydrogens is 517 g/mol. The van der Waals surface area contributed by atoms with Gasteiger partial charge in [-0.05, 0) is 61.4 Å². The number of carbonyl (C=O) groups is 1. The molecule has 6 rings (SSSR count). The summed E-state index contributed by atoms with van der Waals surface area (Å²) in [7, 11) is 0. The lowest BCUT2D eigenvalue weighted by atomic mass is 9.91. The van der Waals surface area contributed by atoms with Gasteiger partial charge in [-0.1, -0.05) is 0 Å². The molecule has 11 nitrogen and oxygen atoms in total. The molecule has 2 aromatic carbocycles. The topological polar surface area (TPSA) is 131 Å². The Bertz CT molecular complexity index is 1730. The van der Waals surface area contributed by atoms with Crippen LogP contribution in [0.2, 0.25) is 0 Å². The van der Waals surface area contributed by atoms with Crippen LogP contribution in [0.3, 0.4) is 0 Å². The fraction of sp³-hybridized carbons (Fsp3) is 0.250. The zero-order chi connectivity index (χ0) is 27.9. The number of aliphatic hydroxyl groups excluding tert-OH is 1. The van der Waals surface area contributed by atoms with Gasteiger partial charge in [-0.2, -0.15) is 10.2 Å². The Morgan fingerprint density at radius 3 is 2.35 bits per heavy atom. The van der Waals surface area contributed by atoms with Crippen LogP contribution in [0.15, 0.2) is 78.2 Å². The minimum atomic E-state index is -1.19. The molecule has 1 fully saturated rings. The van der Waals surface area contributed by atoms with Gasteiger partial charge in [-0.25, -0.2) is 18.7 Å². The van der Waals surface area contributed by atoms with Gasteiger partial charge in [-0.15, -0.1) is 0 Å². The second kappa shape index (κ2) is 10.1. The van der Waals surface area contributed by atoms with E-state index in [9.17, 15) is 24.2 Å². The largest absolute Gasteiger partial charge is 0.392 e. The number of rotatable bonds is 6. The van der Waals surface area contributed by atoms with Crippen molar-refractivity contribution in [2.45, 2.75) is 31.6 Å². The van der Waals surface area contributed by atoms with Crippen molar-refractivity contribution in [3.05, 3.63) is 101 Å². The quantitative estimate of drug-likeness (QED) is 0.335. The standard InChI is InChI=1S/C28H26FN7O4/c29-21-3-1-20(2-4-21)26(38)33-11-9-28(40,10-12-33)17-34-18-30-25-24(27(34)39)14-32-36(25)23-7-5-22(6-8-23)35-15-19(16-37)13-31-35/h1-8,13-15,18,37,40H,9-12,16-17H2. The lowest BCUT2D eigenvalue weighted by molar-refractivity contribution is -0.0299. The summed E-state index contributed by atoms with van der Waals surface area (Å²) in [4.78, 5) is 32.1. The van der Waals surface area contributed by atoms with E-state index in [2.05, 4.69) is 15.2 Å². The van der Waals surface area contributed by atoms with Gasteiger partial charge in [0.2, 0.25) is 0 Å². The van der Waals surface area contributed by atoms with Gasteiger partial charge in [0.15, 0.2) is 5.65 Å². The summed E-state index contributed by atoms with van der Waals surface area (Å²) >= 11 is 0. The van der Waals surface area contributed by atoms with Crippen LogP contribution in [0, 0.1) is 5.82 Å². The number of likely N-dealkylation sites (tertiary alicyclic amines) is 1. The van der Waals surface area contributed by atoms with Gasteiger partial charge < -0.3 is 15.1 Å². The summed E-state index contributed by atoms with van der Waals surface area (Å²) in [6.45, 7) is 0.566. The second-order valence-corrected chi connectivity index (χ2v) is 9.96. The van der Waals surface area contributed by atoms with Gasteiger partial charge in [0, 0.05) is 30.4 Å². The number of amides is 1. The molecule has 0 bridgehead atoms. The molecule has 0 aliphatic carbocycles. The molecular formula is C28H26FN7O4. The highest BCUT2D eigenvalue weighted by Gasteiger charge is 2.35. The molecule has 3 aromatic heterocycles. The highest BCUT2D eigenvalue weighted by atomic mass is 19.1. The zero-order valence-corrected chi connectivity index (χ0v) is 21.4. The molecule has 2 N–H and O–H groups in total. The predicted molar refractivity (Wildman–Crippen MR) is 143 cm³/mol. The number of aliphatic hydroxyl groups is 2. The van der Waals surface area contributed by atoms with Crippen molar-refractivity contribution < 1.29 is 19.4 Å². The van der Waals surface area contributed by atoms with E-state index < -0.39 is 11.4 Å². The average molecular weight is 544 g/mol. The highest BCUT2D eigenvalue weighted by molar-refractivity contribution is 5.94. The molecule has 1 saturated heterocycles. The van der Waals surface area contributed by atoms with Gasteiger partial charge >= 0.3 is 0 Å². The number of hydrogen-bond acceptors (Lipinski definition) is 7. The summed E-state index contributed by atoms with van der Waals surface area (Å²) in [5, 5.41) is 29.4. The van der Waals surface area contributed by atoms with Crippen molar-refractivity contribution >= 4 is 16.9 Å². The summed E-state index contributed by atoms with van der Waals surface area (Å²) in [6.07, 6.45) is 6.77. The highest BCUT2D eigenvalue weighted by Crippen LogP contribution is 2.25. The van der Waals surface area contributed by atoms with Crippen molar-refractivity contribution in [2.24, 2.45) is 0 Å². The maximum atomic E-state index is 13.3. The Balaban J connectivity index is 1.17. The van der Waals surface area contributed by atoms with Crippen molar-refractivity contribution in [3.63, 3.8) is 0 Å². The van der Waals surface area contributed by atoms with Crippen molar-refractivity contribution in [3.8, 4) is 11.4 Å². The van der Waals surface area contributed by atoms with Crippen molar-refractivity contribution in [1.82, 2.24) is 34.0 Å². The Morgan fingerprint density at radius 1 is 0.975 bits per heavy atom. The van der Waals surface area contributed by atoms with Crippen LogP contribution in [0.5, 0.6) is 0 Å². The summed E-state index contributed by atoms with van der Waals surface area (Å²) < 4.78 is 17.8. The molecule has 5 aromatic rings. The fourth-order valence-electron chi connectivity index (χ4n) is 4.96. The fourth-order valence-corrected chi connectivity index (χ4v) is 4.96. The number of aromatic nitrogens is 6. The third-order valence-electron chi connectivity index (χ3n) is 7.27. The third-order valence-corrected chi connectivity index (χ3v) is 7.27. The van der Waals surface area contributed by atoms with E-state index in [1.807, 2.05) is 24.3 Å². The monoisotopic (exact) mass is 543 g/mol. The first-order chi connectivity index (χ1) is 19.3. The molecule has 0 unspecified atom stereocenters. The summed E-state index contributed by atoms with van der Waals surface area (Å²) in [6, 6.07) is 12.7. The first kappa shape index (κ1) is 25.6. The Kier molecular flexibility index (Phi) is 6.48. The summed E-state index contributed by atoms with van der Waals surface area (Å²) in [5.74, 6) is -0.630. The molecule has 40 heavy (non-hydrogen) atoms. The van der Waals surface area contributed by atoms with E-state index in [0.717, 1.165) is 5.69 Å². The third kappa shape index (κ3) is 4.78. The lowest BCUT2D eigenvalue weighted by Crippen LogP contribution is -2.49. The van der Waals surface area contributed by atoms with Crippen LogP contribution in [0.4, 0.5) is 4.39 Å². The summed E-state index contributed by atoms with van der Waals surface area (Å²) in [5.41, 5.74) is 1.48. The van der Waals surface area contributed by atoms with E-state index in [1.165, 1.54) is 41.4 Å². The molecule has 0 radical (unpaired) electrons. The maximum absolute atomic E-state index is 13.3. The van der Waals surface area contributed by atoms with Gasteiger partial charge in [0.1, 0.15) is 17.5 Å². The zero-order valence-electron chi connectivity index (χ0n) is 21.4. The number of halogens is 1. The number of fused-ring (bicyclic) bond motifs is 1. The van der Waals surface area contributed by atoms with E-state index in [4.69, 9.17) is 0 Å². The van der Waals surface area contributed by atoms with Crippen molar-refractivity contribution in [1.29, 1.82) is 0 Å². The van der Waals surface area contributed by atoms with E-state index in [0.29, 0.717) is 40.9 Å². The molecule has 0 saturated carbocycles. The van der Waals surface area contributed by atoms with Gasteiger partial charge in [-0.3, -0.25) is 14.2 Å². The molecule has 1 aliphatic heterocycles. The molecule has 4 heterocycles. The van der Waals surface area contributed by atoms with Crippen LogP contribution >= 0.6 is 0 Å². The number of nitrogens with zero attached hydrogens (tertiary/aromatic N) is 7. The van der Waals surface area contributed by atoms with E-state index >= 15 is 0 Å². The Hall–Kier alpha value is -4.68. The Labute approximate surface area is 227 Å². The van der Waals surface area contributed by atoms with Crippen molar-refractivity contribution in [2.75, 3.05) is 13.1 Å². The molecule has 204 valence electrons.